The van der Waals surface area contributed by atoms with Crippen LogP contribution in [0.2, 0.25) is 0 Å². The Bertz CT molecular complexity index is 711. The van der Waals surface area contributed by atoms with E-state index in [9.17, 15) is 13.2 Å². The predicted octanol–water partition coefficient (Wildman–Crippen LogP) is 3.49. The van der Waals surface area contributed by atoms with Gasteiger partial charge in [-0.3, -0.25) is 4.68 Å². The van der Waals surface area contributed by atoms with Crippen LogP contribution in [0.5, 0.6) is 0 Å². The van der Waals surface area contributed by atoms with Gasteiger partial charge >= 0.3 is 6.18 Å². The molecule has 7 heteroatoms. The number of halogens is 3. The number of nitrogens with zero attached hydrogens (tertiary/aromatic N) is 3. The fraction of sp³-hybridized carbons (Fsp3) is 0.333. The van der Waals surface area contributed by atoms with Crippen molar-refractivity contribution in [3.8, 4) is 6.07 Å². The predicted molar refractivity (Wildman–Crippen MR) is 76.1 cm³/mol. The quantitative estimate of drug-likeness (QED) is 0.940. The van der Waals surface area contributed by atoms with Gasteiger partial charge in [-0.05, 0) is 24.6 Å². The maximum atomic E-state index is 13.1. The number of hydrogen-bond acceptors (Lipinski definition) is 3. The molecular weight excluding hydrogens is 293 g/mol. The molecule has 22 heavy (non-hydrogen) atoms. The van der Waals surface area contributed by atoms with E-state index in [1.807, 2.05) is 6.92 Å². The van der Waals surface area contributed by atoms with E-state index in [0.29, 0.717) is 6.42 Å². The van der Waals surface area contributed by atoms with Gasteiger partial charge in [-0.2, -0.15) is 23.5 Å². The van der Waals surface area contributed by atoms with Crippen molar-refractivity contribution in [1.29, 1.82) is 5.26 Å². The van der Waals surface area contributed by atoms with Gasteiger partial charge in [0.05, 0.1) is 22.9 Å². The highest BCUT2D eigenvalue weighted by atomic mass is 19.4. The second-order valence-electron chi connectivity index (χ2n) is 4.85. The molecule has 0 saturated carbocycles. The van der Waals surface area contributed by atoms with Gasteiger partial charge in [0, 0.05) is 31.0 Å². The average molecular weight is 308 g/mol. The van der Waals surface area contributed by atoms with E-state index in [1.165, 1.54) is 12.1 Å². The molecule has 0 amide bonds. The van der Waals surface area contributed by atoms with Gasteiger partial charge in [0.1, 0.15) is 0 Å². The van der Waals surface area contributed by atoms with Crippen LogP contribution in [0.15, 0.2) is 24.4 Å². The second-order valence-corrected chi connectivity index (χ2v) is 4.85. The summed E-state index contributed by atoms with van der Waals surface area (Å²) < 4.78 is 40.9. The van der Waals surface area contributed by atoms with Crippen LogP contribution in [0.1, 0.15) is 29.3 Å². The highest BCUT2D eigenvalue weighted by Crippen LogP contribution is 2.35. The van der Waals surface area contributed by atoms with E-state index in [4.69, 9.17) is 5.26 Å². The summed E-state index contributed by atoms with van der Waals surface area (Å²) >= 11 is 0. The normalized spacial score (nSPS) is 11.3. The third-order valence-corrected chi connectivity index (χ3v) is 3.25. The molecule has 116 valence electrons. The first kappa shape index (κ1) is 15.9. The first-order chi connectivity index (χ1) is 10.3. The molecule has 0 atom stereocenters. The minimum Gasteiger partial charge on any atom is -0.380 e. The van der Waals surface area contributed by atoms with Crippen LogP contribution in [0, 0.1) is 11.3 Å². The van der Waals surface area contributed by atoms with Gasteiger partial charge in [-0.1, -0.05) is 6.92 Å². The Labute approximate surface area is 126 Å². The minimum absolute atomic E-state index is 0.0199. The lowest BCUT2D eigenvalue weighted by atomic mass is 10.1. The molecule has 0 aliphatic heterocycles. The summed E-state index contributed by atoms with van der Waals surface area (Å²) in [4.78, 5) is 0. The number of alkyl halides is 3. The summed E-state index contributed by atoms with van der Waals surface area (Å²) in [5.41, 5.74) is 0.791. The third kappa shape index (κ3) is 3.39. The first-order valence-electron chi connectivity index (χ1n) is 6.71. The molecule has 0 radical (unpaired) electrons. The molecular formula is C15H15F3N4. The lowest BCUT2D eigenvalue weighted by Gasteiger charge is -2.14. The highest BCUT2D eigenvalue weighted by Gasteiger charge is 2.33. The first-order valence-corrected chi connectivity index (χ1v) is 6.71. The fourth-order valence-corrected chi connectivity index (χ4v) is 2.22. The molecule has 0 aliphatic carbocycles. The van der Waals surface area contributed by atoms with Crippen LogP contribution in [-0.4, -0.2) is 9.78 Å². The van der Waals surface area contributed by atoms with Gasteiger partial charge in [0.2, 0.25) is 0 Å². The van der Waals surface area contributed by atoms with Crippen molar-refractivity contribution >= 4 is 5.69 Å². The Hall–Kier alpha value is -2.49. The van der Waals surface area contributed by atoms with Crippen molar-refractivity contribution in [2.24, 2.45) is 7.05 Å². The Morgan fingerprint density at radius 1 is 1.36 bits per heavy atom. The van der Waals surface area contributed by atoms with Crippen LogP contribution in [0.25, 0.3) is 0 Å². The van der Waals surface area contributed by atoms with E-state index < -0.39 is 11.7 Å². The number of nitriles is 1. The number of anilines is 1. The SMILES string of the molecule is CCc1nn(C)cc1CNc1ccc(C#N)cc1C(F)(F)F. The summed E-state index contributed by atoms with van der Waals surface area (Å²) in [5, 5.41) is 15.8. The van der Waals surface area contributed by atoms with Crippen LogP contribution in [0.3, 0.4) is 0 Å². The second kappa shape index (κ2) is 6.10. The largest absolute Gasteiger partial charge is 0.418 e. The Morgan fingerprint density at radius 3 is 2.68 bits per heavy atom. The third-order valence-electron chi connectivity index (χ3n) is 3.25. The number of benzene rings is 1. The number of rotatable bonds is 4. The molecule has 0 bridgehead atoms. The molecule has 4 nitrogen and oxygen atoms in total. The standard InChI is InChI=1S/C15H15F3N4/c1-3-13-11(9-22(2)21-13)8-20-14-5-4-10(7-19)6-12(14)15(16,17)18/h4-6,9,20H,3,8H2,1-2H3. The molecule has 1 aromatic heterocycles. The monoisotopic (exact) mass is 308 g/mol. The maximum Gasteiger partial charge on any atom is 0.418 e. The van der Waals surface area contributed by atoms with Crippen molar-refractivity contribution < 1.29 is 13.2 Å². The lowest BCUT2D eigenvalue weighted by molar-refractivity contribution is -0.137. The summed E-state index contributed by atoms with van der Waals surface area (Å²) in [5.74, 6) is 0. The number of aromatic nitrogens is 2. The van der Waals surface area contributed by atoms with Gasteiger partial charge in [0.15, 0.2) is 0 Å². The maximum absolute atomic E-state index is 13.1. The fourth-order valence-electron chi connectivity index (χ4n) is 2.22. The molecule has 0 fully saturated rings. The van der Waals surface area contributed by atoms with Gasteiger partial charge in [-0.25, -0.2) is 0 Å². The summed E-state index contributed by atoms with van der Waals surface area (Å²) in [6.07, 6.45) is -2.03. The van der Waals surface area contributed by atoms with E-state index >= 15 is 0 Å². The van der Waals surface area contributed by atoms with Gasteiger partial charge in [0.25, 0.3) is 0 Å². The van der Waals surface area contributed by atoms with Gasteiger partial charge in [-0.15, -0.1) is 0 Å². The van der Waals surface area contributed by atoms with Gasteiger partial charge < -0.3 is 5.32 Å². The zero-order valence-electron chi connectivity index (χ0n) is 12.2. The van der Waals surface area contributed by atoms with Crippen LogP contribution >= 0.6 is 0 Å². The zero-order chi connectivity index (χ0) is 16.3. The van der Waals surface area contributed by atoms with Crippen LogP contribution in [-0.2, 0) is 26.2 Å². The summed E-state index contributed by atoms with van der Waals surface area (Å²) in [6.45, 7) is 2.18. The number of aryl methyl sites for hydroxylation is 2. The average Bonchev–Trinajstić information content (AvgIpc) is 2.84. The Morgan fingerprint density at radius 2 is 2.09 bits per heavy atom. The number of hydrogen-bond donors (Lipinski definition) is 1. The minimum atomic E-state index is -4.52. The zero-order valence-corrected chi connectivity index (χ0v) is 12.2. The Kier molecular flexibility index (Phi) is 4.40. The van der Waals surface area contributed by atoms with Crippen molar-refractivity contribution in [2.45, 2.75) is 26.1 Å². The smallest absolute Gasteiger partial charge is 0.380 e. The van der Waals surface area contributed by atoms with E-state index in [1.54, 1.807) is 24.0 Å². The van der Waals surface area contributed by atoms with Crippen molar-refractivity contribution in [3.63, 3.8) is 0 Å². The van der Waals surface area contributed by atoms with Crippen molar-refractivity contribution in [3.05, 3.63) is 46.8 Å². The molecule has 0 spiro atoms. The summed E-state index contributed by atoms with van der Waals surface area (Å²) in [7, 11) is 1.77. The molecule has 1 aromatic carbocycles. The number of nitrogens with one attached hydrogen (secondary N) is 1. The van der Waals surface area contributed by atoms with Crippen molar-refractivity contribution in [1.82, 2.24) is 9.78 Å². The molecule has 2 aromatic rings. The van der Waals surface area contributed by atoms with E-state index in [2.05, 4.69) is 10.4 Å². The lowest BCUT2D eigenvalue weighted by Crippen LogP contribution is -2.11. The molecule has 1 heterocycles. The molecule has 0 aliphatic rings. The van der Waals surface area contributed by atoms with E-state index in [-0.39, 0.29) is 17.8 Å². The van der Waals surface area contributed by atoms with Crippen molar-refractivity contribution in [2.75, 3.05) is 5.32 Å². The highest BCUT2D eigenvalue weighted by molar-refractivity contribution is 5.56. The summed E-state index contributed by atoms with van der Waals surface area (Å²) in [6, 6.07) is 5.22. The van der Waals surface area contributed by atoms with Crippen LogP contribution < -0.4 is 5.32 Å². The molecule has 0 saturated heterocycles. The Balaban J connectivity index is 2.28. The van der Waals surface area contributed by atoms with E-state index in [0.717, 1.165) is 17.3 Å². The molecule has 2 rings (SSSR count). The molecule has 0 unspecified atom stereocenters. The molecule has 1 N–H and O–H groups in total. The van der Waals surface area contributed by atoms with Crippen LogP contribution in [0.4, 0.5) is 18.9 Å². The topological polar surface area (TPSA) is 53.6 Å².